The number of pyridine rings is 1. The summed E-state index contributed by atoms with van der Waals surface area (Å²) >= 11 is 0. The summed E-state index contributed by atoms with van der Waals surface area (Å²) in [5.74, 6) is 1.01. The maximum Gasteiger partial charge on any atom is 0.222 e. The summed E-state index contributed by atoms with van der Waals surface area (Å²) in [5.41, 5.74) is 1.30. The lowest BCUT2D eigenvalue weighted by atomic mass is 9.90. The van der Waals surface area contributed by atoms with Crippen LogP contribution in [-0.2, 0) is 11.2 Å². The van der Waals surface area contributed by atoms with Gasteiger partial charge in [-0.2, -0.15) is 0 Å². The molecule has 126 valence electrons. The van der Waals surface area contributed by atoms with E-state index in [1.807, 2.05) is 23.4 Å². The maximum absolute atomic E-state index is 12.4. The monoisotopic (exact) mass is 317 g/mol. The quantitative estimate of drug-likeness (QED) is 0.857. The molecular weight excluding hydrogens is 290 g/mol. The van der Waals surface area contributed by atoms with Crippen LogP contribution in [0.25, 0.3) is 0 Å². The average molecular weight is 317 g/mol. The van der Waals surface area contributed by atoms with E-state index in [9.17, 15) is 9.90 Å². The number of amides is 1. The van der Waals surface area contributed by atoms with Gasteiger partial charge in [0, 0.05) is 50.9 Å². The van der Waals surface area contributed by atoms with E-state index >= 15 is 0 Å². The molecule has 0 saturated carbocycles. The molecule has 2 aliphatic heterocycles. The lowest BCUT2D eigenvalue weighted by Gasteiger charge is -2.33. The minimum absolute atomic E-state index is 0.0887. The minimum atomic E-state index is -0.365. The van der Waals surface area contributed by atoms with Gasteiger partial charge in [0.2, 0.25) is 5.91 Å². The highest BCUT2D eigenvalue weighted by Gasteiger charge is 2.30. The number of aliphatic hydroxyl groups excluding tert-OH is 1. The van der Waals surface area contributed by atoms with Crippen molar-refractivity contribution in [1.29, 1.82) is 0 Å². The number of rotatable bonds is 5. The van der Waals surface area contributed by atoms with Crippen LogP contribution < -0.4 is 5.32 Å². The standard InChI is InChI=1S/C18H27N3O2/c22-17-13-20-12-16(17)10-18(23)21-8-5-14(6-9-21)3-4-15-2-1-7-19-11-15/h1-2,7,11,14,16-17,20,22H,3-6,8-10,12-13H2/t16-,17-/m1/s1. The predicted molar refractivity (Wildman–Crippen MR) is 88.8 cm³/mol. The normalized spacial score (nSPS) is 25.7. The van der Waals surface area contributed by atoms with E-state index in [1.54, 1.807) is 0 Å². The molecule has 2 saturated heterocycles. The number of carbonyl (C=O) groups excluding carboxylic acids is 1. The Morgan fingerprint density at radius 3 is 2.83 bits per heavy atom. The first-order chi connectivity index (χ1) is 11.2. The van der Waals surface area contributed by atoms with E-state index in [0.29, 0.717) is 18.9 Å². The first-order valence-electron chi connectivity index (χ1n) is 8.78. The van der Waals surface area contributed by atoms with Crippen molar-refractivity contribution in [1.82, 2.24) is 15.2 Å². The molecule has 2 fully saturated rings. The third kappa shape index (κ3) is 4.52. The summed E-state index contributed by atoms with van der Waals surface area (Å²) in [7, 11) is 0. The third-order valence-electron chi connectivity index (χ3n) is 5.27. The number of piperidine rings is 1. The molecule has 1 amide bonds. The van der Waals surface area contributed by atoms with Crippen molar-refractivity contribution < 1.29 is 9.90 Å². The topological polar surface area (TPSA) is 65.5 Å². The fourth-order valence-electron chi connectivity index (χ4n) is 3.67. The molecule has 2 atom stereocenters. The van der Waals surface area contributed by atoms with Crippen LogP contribution >= 0.6 is 0 Å². The van der Waals surface area contributed by atoms with Crippen molar-refractivity contribution in [3.8, 4) is 0 Å². The second-order valence-electron chi connectivity index (χ2n) is 6.91. The lowest BCUT2D eigenvalue weighted by Crippen LogP contribution is -2.40. The Morgan fingerprint density at radius 1 is 1.35 bits per heavy atom. The summed E-state index contributed by atoms with van der Waals surface area (Å²) in [6.07, 6.45) is 8.31. The zero-order valence-corrected chi connectivity index (χ0v) is 13.7. The van der Waals surface area contributed by atoms with Gasteiger partial charge in [-0.05, 0) is 43.2 Å². The molecule has 0 spiro atoms. The molecule has 0 aromatic carbocycles. The largest absolute Gasteiger partial charge is 0.391 e. The van der Waals surface area contributed by atoms with Crippen molar-refractivity contribution in [2.75, 3.05) is 26.2 Å². The number of likely N-dealkylation sites (tertiary alicyclic amines) is 1. The Bertz CT molecular complexity index is 500. The van der Waals surface area contributed by atoms with Crippen LogP contribution in [0, 0.1) is 11.8 Å². The zero-order chi connectivity index (χ0) is 16.1. The summed E-state index contributed by atoms with van der Waals surface area (Å²) in [6, 6.07) is 4.12. The summed E-state index contributed by atoms with van der Waals surface area (Å²) < 4.78 is 0. The molecule has 5 heteroatoms. The van der Waals surface area contributed by atoms with Gasteiger partial charge in [0.1, 0.15) is 0 Å². The van der Waals surface area contributed by atoms with Gasteiger partial charge in [0.05, 0.1) is 6.10 Å². The van der Waals surface area contributed by atoms with Gasteiger partial charge in [-0.25, -0.2) is 0 Å². The van der Waals surface area contributed by atoms with Crippen molar-refractivity contribution in [2.24, 2.45) is 11.8 Å². The molecule has 1 aromatic rings. The lowest BCUT2D eigenvalue weighted by molar-refractivity contribution is -0.134. The van der Waals surface area contributed by atoms with Gasteiger partial charge in [-0.1, -0.05) is 6.07 Å². The first kappa shape index (κ1) is 16.4. The molecule has 0 bridgehead atoms. The second-order valence-corrected chi connectivity index (χ2v) is 6.91. The molecule has 0 aliphatic carbocycles. The van der Waals surface area contributed by atoms with Crippen molar-refractivity contribution in [2.45, 2.75) is 38.2 Å². The Morgan fingerprint density at radius 2 is 2.17 bits per heavy atom. The van der Waals surface area contributed by atoms with E-state index in [-0.39, 0.29) is 17.9 Å². The van der Waals surface area contributed by atoms with Crippen LogP contribution in [0.4, 0.5) is 0 Å². The maximum atomic E-state index is 12.4. The SMILES string of the molecule is O=C(C[C@@H]1CNC[C@H]1O)N1CCC(CCc2cccnc2)CC1. The highest BCUT2D eigenvalue weighted by atomic mass is 16.3. The van der Waals surface area contributed by atoms with Gasteiger partial charge in [0.25, 0.3) is 0 Å². The van der Waals surface area contributed by atoms with Gasteiger partial charge in [-0.3, -0.25) is 9.78 Å². The molecule has 1 aromatic heterocycles. The molecule has 0 radical (unpaired) electrons. The van der Waals surface area contributed by atoms with Crippen molar-refractivity contribution in [3.05, 3.63) is 30.1 Å². The Kier molecular flexibility index (Phi) is 5.62. The third-order valence-corrected chi connectivity index (χ3v) is 5.27. The van der Waals surface area contributed by atoms with Crippen LogP contribution in [0.1, 0.15) is 31.2 Å². The molecule has 0 unspecified atom stereocenters. The highest BCUT2D eigenvalue weighted by Crippen LogP contribution is 2.24. The summed E-state index contributed by atoms with van der Waals surface area (Å²) in [5, 5.41) is 13.0. The first-order valence-corrected chi connectivity index (χ1v) is 8.78. The van der Waals surface area contributed by atoms with Gasteiger partial charge >= 0.3 is 0 Å². The summed E-state index contributed by atoms with van der Waals surface area (Å²) in [6.45, 7) is 3.11. The van der Waals surface area contributed by atoms with E-state index in [2.05, 4.69) is 16.4 Å². The van der Waals surface area contributed by atoms with Crippen LogP contribution in [-0.4, -0.2) is 53.2 Å². The van der Waals surface area contributed by atoms with Crippen molar-refractivity contribution >= 4 is 5.91 Å². The minimum Gasteiger partial charge on any atom is -0.391 e. The van der Waals surface area contributed by atoms with Crippen molar-refractivity contribution in [3.63, 3.8) is 0 Å². The van der Waals surface area contributed by atoms with Crippen LogP contribution in [0.5, 0.6) is 0 Å². The molecule has 23 heavy (non-hydrogen) atoms. The predicted octanol–water partition coefficient (Wildman–Crippen LogP) is 1.22. The molecule has 3 heterocycles. The molecule has 3 rings (SSSR count). The number of hydrogen-bond acceptors (Lipinski definition) is 4. The highest BCUT2D eigenvalue weighted by molar-refractivity contribution is 5.76. The molecule has 5 nitrogen and oxygen atoms in total. The number of aromatic nitrogens is 1. The number of aryl methyl sites for hydroxylation is 1. The van der Waals surface area contributed by atoms with Crippen LogP contribution in [0.2, 0.25) is 0 Å². The Hall–Kier alpha value is -1.46. The van der Waals surface area contributed by atoms with Gasteiger partial charge in [-0.15, -0.1) is 0 Å². The average Bonchev–Trinajstić information content (AvgIpc) is 2.99. The fourth-order valence-corrected chi connectivity index (χ4v) is 3.67. The summed E-state index contributed by atoms with van der Waals surface area (Å²) in [4.78, 5) is 18.5. The van der Waals surface area contributed by atoms with E-state index in [1.165, 1.54) is 12.0 Å². The number of nitrogens with one attached hydrogen (secondary N) is 1. The number of nitrogens with zero attached hydrogens (tertiary/aromatic N) is 2. The fraction of sp³-hybridized carbons (Fsp3) is 0.667. The Balaban J connectivity index is 1.38. The van der Waals surface area contributed by atoms with Crippen LogP contribution in [0.15, 0.2) is 24.5 Å². The number of carbonyl (C=O) groups is 1. The Labute approximate surface area is 138 Å². The van der Waals surface area contributed by atoms with Gasteiger partial charge in [0.15, 0.2) is 0 Å². The van der Waals surface area contributed by atoms with E-state index in [0.717, 1.165) is 38.9 Å². The molecule has 2 N–H and O–H groups in total. The smallest absolute Gasteiger partial charge is 0.222 e. The van der Waals surface area contributed by atoms with Crippen LogP contribution in [0.3, 0.4) is 0 Å². The van der Waals surface area contributed by atoms with E-state index in [4.69, 9.17) is 0 Å². The zero-order valence-electron chi connectivity index (χ0n) is 13.7. The molecular formula is C18H27N3O2. The van der Waals surface area contributed by atoms with Gasteiger partial charge < -0.3 is 15.3 Å². The number of hydrogen-bond donors (Lipinski definition) is 2. The number of β-amino-alcohol motifs (C(OH)–C–C–N with tert-alkyl or cyclic N) is 1. The van der Waals surface area contributed by atoms with E-state index < -0.39 is 0 Å². The molecule has 2 aliphatic rings. The second kappa shape index (κ2) is 7.88. The number of aliphatic hydroxyl groups is 1.